The van der Waals surface area contributed by atoms with Gasteiger partial charge in [0.15, 0.2) is 0 Å². The molecule has 1 amide bonds. The Morgan fingerprint density at radius 3 is 2.38 bits per heavy atom. The van der Waals surface area contributed by atoms with Crippen molar-refractivity contribution in [1.29, 1.82) is 0 Å². The maximum absolute atomic E-state index is 12.5. The molecule has 0 radical (unpaired) electrons. The fraction of sp³-hybridized carbons (Fsp3) is 0.516. The first-order valence-corrected chi connectivity index (χ1v) is 13.9. The molecule has 2 fully saturated rings. The predicted octanol–water partition coefficient (Wildman–Crippen LogP) is 7.64. The molecule has 0 aromatic heterocycles. The average Bonchev–Trinajstić information content (AvgIpc) is 2.87. The lowest BCUT2D eigenvalue weighted by molar-refractivity contribution is 0.0195. The van der Waals surface area contributed by atoms with Gasteiger partial charge in [-0.25, -0.2) is 4.79 Å². The molecule has 2 aliphatic rings. The van der Waals surface area contributed by atoms with E-state index < -0.39 is 11.2 Å². The summed E-state index contributed by atoms with van der Waals surface area (Å²) in [6, 6.07) is 15.9. The number of amides is 1. The number of benzene rings is 2. The second-order valence-electron chi connectivity index (χ2n) is 11.4. The van der Waals surface area contributed by atoms with Gasteiger partial charge in [-0.1, -0.05) is 73.3 Å². The first kappa shape index (κ1) is 27.5. The fourth-order valence-electron chi connectivity index (χ4n) is 5.26. The number of likely N-dealkylation sites (tertiary alicyclic amines) is 1. The first-order chi connectivity index (χ1) is 17.6. The van der Waals surface area contributed by atoms with E-state index in [1.807, 2.05) is 69.3 Å². The van der Waals surface area contributed by atoms with Gasteiger partial charge in [0.2, 0.25) is 0 Å². The van der Waals surface area contributed by atoms with Crippen LogP contribution in [0.2, 0.25) is 5.02 Å². The van der Waals surface area contributed by atoms with Crippen LogP contribution in [0.25, 0.3) is 5.57 Å². The zero-order chi connectivity index (χ0) is 26.5. The normalized spacial score (nSPS) is 18.9. The number of ether oxygens (including phenoxy) is 2. The fourth-order valence-corrected chi connectivity index (χ4v) is 5.49. The highest BCUT2D eigenvalue weighted by Gasteiger charge is 2.35. The summed E-state index contributed by atoms with van der Waals surface area (Å²) in [5.74, 6) is 0.905. The molecule has 0 atom stereocenters. The Labute approximate surface area is 226 Å². The smallest absolute Gasteiger partial charge is 0.410 e. The van der Waals surface area contributed by atoms with Crippen molar-refractivity contribution in [3.63, 3.8) is 0 Å². The van der Waals surface area contributed by atoms with E-state index in [4.69, 9.17) is 21.1 Å². The molecule has 37 heavy (non-hydrogen) atoms. The van der Waals surface area contributed by atoms with E-state index in [-0.39, 0.29) is 12.0 Å². The molecule has 4 rings (SSSR count). The lowest BCUT2D eigenvalue weighted by Gasteiger charge is -2.37. The molecule has 2 aromatic rings. The van der Waals surface area contributed by atoms with Crippen molar-refractivity contribution in [1.82, 2.24) is 4.90 Å². The molecule has 0 spiro atoms. The van der Waals surface area contributed by atoms with Gasteiger partial charge in [0, 0.05) is 13.1 Å². The summed E-state index contributed by atoms with van der Waals surface area (Å²) in [4.78, 5) is 14.3. The molecule has 2 aromatic carbocycles. The molecule has 1 aliphatic carbocycles. The molecule has 1 heterocycles. The minimum Gasteiger partial charge on any atom is -0.487 e. The minimum atomic E-state index is -0.865. The highest BCUT2D eigenvalue weighted by atomic mass is 35.5. The summed E-state index contributed by atoms with van der Waals surface area (Å²) in [5.41, 5.74) is 1.62. The number of hydrogen-bond acceptors (Lipinski definition) is 4. The Bertz CT molecular complexity index is 1080. The molecule has 6 heteroatoms. The Kier molecular flexibility index (Phi) is 8.86. The van der Waals surface area contributed by atoms with Gasteiger partial charge in [0.1, 0.15) is 18.0 Å². The number of aliphatic hydroxyl groups is 1. The van der Waals surface area contributed by atoms with Crippen molar-refractivity contribution < 1.29 is 19.4 Å². The molecule has 0 bridgehead atoms. The van der Waals surface area contributed by atoms with Crippen LogP contribution in [0.5, 0.6) is 5.75 Å². The Balaban J connectivity index is 1.51. The van der Waals surface area contributed by atoms with Crippen molar-refractivity contribution in [2.24, 2.45) is 5.92 Å². The third-order valence-corrected chi connectivity index (χ3v) is 7.55. The maximum atomic E-state index is 12.5. The number of carbonyl (C=O) groups excluding carboxylic acids is 1. The summed E-state index contributed by atoms with van der Waals surface area (Å²) in [6.07, 6.45) is 8.34. The maximum Gasteiger partial charge on any atom is 0.410 e. The van der Waals surface area contributed by atoms with E-state index in [0.717, 1.165) is 61.6 Å². The lowest BCUT2D eigenvalue weighted by atomic mass is 9.75. The monoisotopic (exact) mass is 525 g/mol. The highest BCUT2D eigenvalue weighted by molar-refractivity contribution is 6.32. The molecule has 1 N–H and O–H groups in total. The average molecular weight is 526 g/mol. The number of allylic oxidation sites excluding steroid dienone is 1. The van der Waals surface area contributed by atoms with Crippen molar-refractivity contribution in [2.75, 3.05) is 13.1 Å². The van der Waals surface area contributed by atoms with Crippen LogP contribution in [-0.2, 0) is 11.3 Å². The second kappa shape index (κ2) is 11.9. The number of nitrogens with zero attached hydrogens (tertiary/aromatic N) is 1. The van der Waals surface area contributed by atoms with Gasteiger partial charge in [0.05, 0.1) is 10.6 Å². The molecule has 1 saturated heterocycles. The van der Waals surface area contributed by atoms with Gasteiger partial charge in [0.25, 0.3) is 0 Å². The predicted molar refractivity (Wildman–Crippen MR) is 149 cm³/mol. The van der Waals surface area contributed by atoms with Gasteiger partial charge in [-0.15, -0.1) is 0 Å². The highest BCUT2D eigenvalue weighted by Crippen LogP contribution is 2.42. The van der Waals surface area contributed by atoms with Crippen LogP contribution in [0.15, 0.2) is 54.6 Å². The van der Waals surface area contributed by atoms with Crippen LogP contribution in [0, 0.1) is 5.92 Å². The van der Waals surface area contributed by atoms with Crippen LogP contribution < -0.4 is 4.74 Å². The number of piperidine rings is 1. The van der Waals surface area contributed by atoms with Gasteiger partial charge in [-0.05, 0) is 81.2 Å². The van der Waals surface area contributed by atoms with Crippen molar-refractivity contribution in [3.8, 4) is 5.75 Å². The largest absolute Gasteiger partial charge is 0.487 e. The molecule has 1 aliphatic heterocycles. The SMILES string of the molecule is CC(C)(C)OC(=O)N1CCC(C=C(c2ccc(OCc3ccccc3)c(Cl)c2)C2(O)CCCCC2)CC1. The lowest BCUT2D eigenvalue weighted by Crippen LogP contribution is -2.41. The number of hydrogen-bond donors (Lipinski definition) is 1. The zero-order valence-corrected chi connectivity index (χ0v) is 23.1. The molecular weight excluding hydrogens is 486 g/mol. The second-order valence-corrected chi connectivity index (χ2v) is 11.8. The minimum absolute atomic E-state index is 0.251. The van der Waals surface area contributed by atoms with Crippen LogP contribution in [0.4, 0.5) is 4.79 Å². The molecule has 200 valence electrons. The first-order valence-electron chi connectivity index (χ1n) is 13.5. The summed E-state index contributed by atoms with van der Waals surface area (Å²) in [5, 5.41) is 12.3. The summed E-state index contributed by atoms with van der Waals surface area (Å²) >= 11 is 6.68. The van der Waals surface area contributed by atoms with Crippen molar-refractivity contribution in [2.45, 2.75) is 83.5 Å². The molecular formula is C31H40ClNO4. The van der Waals surface area contributed by atoms with Gasteiger partial charge in [-0.3, -0.25) is 0 Å². The van der Waals surface area contributed by atoms with Crippen molar-refractivity contribution in [3.05, 3.63) is 70.8 Å². The molecule has 1 saturated carbocycles. The van der Waals surface area contributed by atoms with Gasteiger partial charge >= 0.3 is 6.09 Å². The molecule has 0 unspecified atom stereocenters. The van der Waals surface area contributed by atoms with Crippen molar-refractivity contribution >= 4 is 23.3 Å². The Hall–Kier alpha value is -2.50. The van der Waals surface area contributed by atoms with E-state index in [1.165, 1.54) is 0 Å². The van der Waals surface area contributed by atoms with E-state index in [1.54, 1.807) is 4.90 Å². The number of carbonyl (C=O) groups is 1. The van der Waals surface area contributed by atoms with E-state index in [9.17, 15) is 9.90 Å². The third kappa shape index (κ3) is 7.52. The van der Waals surface area contributed by atoms with Crippen LogP contribution in [-0.4, -0.2) is 40.4 Å². The quantitative estimate of drug-likeness (QED) is 0.421. The van der Waals surface area contributed by atoms with E-state index >= 15 is 0 Å². The third-order valence-electron chi connectivity index (χ3n) is 7.26. The Morgan fingerprint density at radius 1 is 1.08 bits per heavy atom. The van der Waals surface area contributed by atoms with Crippen LogP contribution >= 0.6 is 11.6 Å². The zero-order valence-electron chi connectivity index (χ0n) is 22.3. The number of rotatable bonds is 6. The van der Waals surface area contributed by atoms with Gasteiger partial charge in [-0.2, -0.15) is 0 Å². The molecule has 5 nitrogen and oxygen atoms in total. The Morgan fingerprint density at radius 2 is 1.76 bits per heavy atom. The standard InChI is InChI=1S/C31H40ClNO4/c1-30(2,3)37-29(34)33-18-14-23(15-19-33)20-26(31(35)16-8-5-9-17-31)25-12-13-28(27(32)21-25)36-22-24-10-6-4-7-11-24/h4,6-7,10-13,20-21,23,35H,5,8-9,14-19,22H2,1-3H3. The van der Waals surface area contributed by atoms with E-state index in [2.05, 4.69) is 6.08 Å². The van der Waals surface area contributed by atoms with Crippen LogP contribution in [0.1, 0.15) is 76.8 Å². The summed E-state index contributed by atoms with van der Waals surface area (Å²) in [7, 11) is 0. The summed E-state index contributed by atoms with van der Waals surface area (Å²) < 4.78 is 11.5. The van der Waals surface area contributed by atoms with E-state index in [0.29, 0.717) is 30.5 Å². The van der Waals surface area contributed by atoms with Crippen LogP contribution in [0.3, 0.4) is 0 Å². The topological polar surface area (TPSA) is 59.0 Å². The number of halogens is 1. The summed E-state index contributed by atoms with van der Waals surface area (Å²) in [6.45, 7) is 7.41. The van der Waals surface area contributed by atoms with Gasteiger partial charge < -0.3 is 19.5 Å².